The Balaban J connectivity index is 2.25. The summed E-state index contributed by atoms with van der Waals surface area (Å²) in [6, 6.07) is 12.0. The minimum absolute atomic E-state index is 0.591. The van der Waals surface area contributed by atoms with Crippen molar-refractivity contribution in [2.24, 2.45) is 5.73 Å². The van der Waals surface area contributed by atoms with Gasteiger partial charge in [0.15, 0.2) is 0 Å². The van der Waals surface area contributed by atoms with Gasteiger partial charge < -0.3 is 10.3 Å². The van der Waals surface area contributed by atoms with Crippen LogP contribution < -0.4 is 5.73 Å². The van der Waals surface area contributed by atoms with Gasteiger partial charge in [-0.1, -0.05) is 12.1 Å². The number of fused-ring (bicyclic) bond motifs is 1. The summed E-state index contributed by atoms with van der Waals surface area (Å²) in [6.45, 7) is 1.35. The highest BCUT2D eigenvalue weighted by atomic mass is 15.1. The van der Waals surface area contributed by atoms with Gasteiger partial charge in [0.1, 0.15) is 5.82 Å². The molecule has 0 aliphatic heterocycles. The molecule has 2 aromatic heterocycles. The van der Waals surface area contributed by atoms with Crippen LogP contribution in [0.2, 0.25) is 0 Å². The van der Waals surface area contributed by atoms with E-state index in [1.807, 2.05) is 36.5 Å². The van der Waals surface area contributed by atoms with Gasteiger partial charge in [-0.2, -0.15) is 0 Å². The van der Waals surface area contributed by atoms with Gasteiger partial charge in [0, 0.05) is 31.0 Å². The summed E-state index contributed by atoms with van der Waals surface area (Å²) in [4.78, 5) is 8.82. The van der Waals surface area contributed by atoms with Crippen molar-refractivity contribution in [1.82, 2.24) is 14.5 Å². The van der Waals surface area contributed by atoms with Crippen LogP contribution >= 0.6 is 0 Å². The van der Waals surface area contributed by atoms with Gasteiger partial charge in [-0.15, -0.1) is 0 Å². The van der Waals surface area contributed by atoms with E-state index in [9.17, 15) is 0 Å². The van der Waals surface area contributed by atoms with E-state index in [-0.39, 0.29) is 0 Å². The third kappa shape index (κ3) is 1.76. The number of pyridine rings is 1. The molecule has 0 amide bonds. The van der Waals surface area contributed by atoms with Crippen molar-refractivity contribution < 1.29 is 0 Å². The average molecular weight is 238 g/mol. The number of para-hydroxylation sites is 2. The first-order chi connectivity index (χ1) is 8.90. The zero-order valence-electron chi connectivity index (χ0n) is 9.95. The van der Waals surface area contributed by atoms with Crippen LogP contribution in [0.1, 0.15) is 0 Å². The third-order valence-corrected chi connectivity index (χ3v) is 2.93. The van der Waals surface area contributed by atoms with Gasteiger partial charge >= 0.3 is 0 Å². The summed E-state index contributed by atoms with van der Waals surface area (Å²) >= 11 is 0. The summed E-state index contributed by atoms with van der Waals surface area (Å²) in [5.74, 6) is 0.926. The van der Waals surface area contributed by atoms with Gasteiger partial charge in [0.05, 0.1) is 11.0 Å². The SMILES string of the molecule is NCCn1c(-c2cccnc2)nc2ccccc21. The molecule has 90 valence electrons. The standard InChI is InChI=1S/C14H14N4/c15-7-9-18-13-6-2-1-5-12(13)17-14(18)11-4-3-8-16-10-11/h1-6,8,10H,7,9,15H2. The smallest absolute Gasteiger partial charge is 0.142 e. The molecule has 0 radical (unpaired) electrons. The highest BCUT2D eigenvalue weighted by Crippen LogP contribution is 2.23. The molecule has 0 aliphatic carbocycles. The maximum absolute atomic E-state index is 5.69. The minimum Gasteiger partial charge on any atom is -0.329 e. The fraction of sp³-hybridized carbons (Fsp3) is 0.143. The second-order valence-electron chi connectivity index (χ2n) is 4.11. The van der Waals surface area contributed by atoms with E-state index in [2.05, 4.69) is 20.6 Å². The van der Waals surface area contributed by atoms with Crippen LogP contribution in [0.4, 0.5) is 0 Å². The number of hydrogen-bond donors (Lipinski definition) is 1. The molecule has 0 aliphatic rings. The Bertz CT molecular complexity index is 658. The van der Waals surface area contributed by atoms with E-state index >= 15 is 0 Å². The van der Waals surface area contributed by atoms with E-state index in [0.717, 1.165) is 29.0 Å². The lowest BCUT2D eigenvalue weighted by molar-refractivity contribution is 0.735. The van der Waals surface area contributed by atoms with Crippen LogP contribution in [-0.2, 0) is 6.54 Å². The predicted octanol–water partition coefficient (Wildman–Crippen LogP) is 2.06. The van der Waals surface area contributed by atoms with Gasteiger partial charge in [-0.3, -0.25) is 4.98 Å². The molecule has 2 heterocycles. The first-order valence-electron chi connectivity index (χ1n) is 5.96. The zero-order valence-corrected chi connectivity index (χ0v) is 9.95. The van der Waals surface area contributed by atoms with E-state index in [1.165, 1.54) is 0 Å². The molecule has 0 atom stereocenters. The fourth-order valence-corrected chi connectivity index (χ4v) is 2.15. The summed E-state index contributed by atoms with van der Waals surface area (Å²) in [5, 5.41) is 0. The molecule has 0 fully saturated rings. The molecule has 0 unspecified atom stereocenters. The molecule has 4 nitrogen and oxygen atoms in total. The summed E-state index contributed by atoms with van der Waals surface area (Å²) in [7, 11) is 0. The van der Waals surface area contributed by atoms with Gasteiger partial charge in [0.2, 0.25) is 0 Å². The number of aromatic nitrogens is 3. The summed E-state index contributed by atoms with van der Waals surface area (Å²) in [5.41, 5.74) is 8.81. The highest BCUT2D eigenvalue weighted by molar-refractivity contribution is 5.80. The molecule has 1 aromatic carbocycles. The van der Waals surface area contributed by atoms with Crippen LogP contribution in [-0.4, -0.2) is 21.1 Å². The van der Waals surface area contributed by atoms with E-state index in [0.29, 0.717) is 6.54 Å². The molecular weight excluding hydrogens is 224 g/mol. The molecule has 18 heavy (non-hydrogen) atoms. The van der Waals surface area contributed by atoms with Crippen molar-refractivity contribution >= 4 is 11.0 Å². The number of nitrogens with two attached hydrogens (primary N) is 1. The molecule has 2 N–H and O–H groups in total. The lowest BCUT2D eigenvalue weighted by Gasteiger charge is -2.07. The van der Waals surface area contributed by atoms with Crippen LogP contribution in [0.25, 0.3) is 22.4 Å². The van der Waals surface area contributed by atoms with Crippen LogP contribution in [0, 0.1) is 0 Å². The molecule has 3 aromatic rings. The number of hydrogen-bond acceptors (Lipinski definition) is 3. The summed E-state index contributed by atoms with van der Waals surface area (Å²) < 4.78 is 2.15. The number of rotatable bonds is 3. The maximum atomic E-state index is 5.69. The van der Waals surface area contributed by atoms with Gasteiger partial charge in [-0.05, 0) is 24.3 Å². The normalized spacial score (nSPS) is 10.9. The Labute approximate surface area is 105 Å². The second-order valence-corrected chi connectivity index (χ2v) is 4.11. The first kappa shape index (κ1) is 10.9. The molecule has 0 spiro atoms. The topological polar surface area (TPSA) is 56.7 Å². The van der Waals surface area contributed by atoms with Crippen molar-refractivity contribution in [2.45, 2.75) is 6.54 Å². The Hall–Kier alpha value is -2.20. The molecule has 0 saturated carbocycles. The van der Waals surface area contributed by atoms with Gasteiger partial charge in [0.25, 0.3) is 0 Å². The van der Waals surface area contributed by atoms with E-state index < -0.39 is 0 Å². The lowest BCUT2D eigenvalue weighted by atomic mass is 10.2. The molecular formula is C14H14N4. The highest BCUT2D eigenvalue weighted by Gasteiger charge is 2.11. The Morgan fingerprint density at radius 2 is 2.00 bits per heavy atom. The Morgan fingerprint density at radius 3 is 2.78 bits per heavy atom. The van der Waals surface area contributed by atoms with Crippen molar-refractivity contribution in [3.8, 4) is 11.4 Å². The number of imidazole rings is 1. The number of benzene rings is 1. The monoisotopic (exact) mass is 238 g/mol. The van der Waals surface area contributed by atoms with Crippen LogP contribution in [0.5, 0.6) is 0 Å². The van der Waals surface area contributed by atoms with Crippen molar-refractivity contribution in [1.29, 1.82) is 0 Å². The summed E-state index contributed by atoms with van der Waals surface area (Å²) in [6.07, 6.45) is 3.59. The predicted molar refractivity (Wildman–Crippen MR) is 72.0 cm³/mol. The largest absolute Gasteiger partial charge is 0.329 e. The average Bonchev–Trinajstić information content (AvgIpc) is 2.80. The maximum Gasteiger partial charge on any atom is 0.142 e. The molecule has 3 rings (SSSR count). The molecule has 0 bridgehead atoms. The van der Waals surface area contributed by atoms with Gasteiger partial charge in [-0.25, -0.2) is 4.98 Å². The number of nitrogens with zero attached hydrogens (tertiary/aromatic N) is 3. The Morgan fingerprint density at radius 1 is 1.11 bits per heavy atom. The van der Waals surface area contributed by atoms with Crippen LogP contribution in [0.3, 0.4) is 0 Å². The quantitative estimate of drug-likeness (QED) is 0.759. The fourth-order valence-electron chi connectivity index (χ4n) is 2.15. The van der Waals surface area contributed by atoms with Crippen LogP contribution in [0.15, 0.2) is 48.8 Å². The van der Waals surface area contributed by atoms with Crippen molar-refractivity contribution in [2.75, 3.05) is 6.54 Å². The molecule has 0 saturated heterocycles. The lowest BCUT2D eigenvalue weighted by Crippen LogP contribution is -2.10. The zero-order chi connectivity index (χ0) is 12.4. The minimum atomic E-state index is 0.591. The second kappa shape index (κ2) is 4.58. The van der Waals surface area contributed by atoms with Crippen molar-refractivity contribution in [3.63, 3.8) is 0 Å². The molecule has 4 heteroatoms. The van der Waals surface area contributed by atoms with Crippen molar-refractivity contribution in [3.05, 3.63) is 48.8 Å². The Kier molecular flexibility index (Phi) is 2.78. The third-order valence-electron chi connectivity index (χ3n) is 2.93. The van der Waals surface area contributed by atoms with E-state index in [4.69, 9.17) is 5.73 Å². The van der Waals surface area contributed by atoms with E-state index in [1.54, 1.807) is 6.20 Å². The first-order valence-corrected chi connectivity index (χ1v) is 5.96.